The summed E-state index contributed by atoms with van der Waals surface area (Å²) in [5, 5.41) is 9.99. The van der Waals surface area contributed by atoms with Crippen molar-refractivity contribution in [2.75, 3.05) is 18.4 Å². The van der Waals surface area contributed by atoms with Crippen molar-refractivity contribution < 1.29 is 18.0 Å². The predicted molar refractivity (Wildman–Crippen MR) is 101 cm³/mol. The first-order valence-electron chi connectivity index (χ1n) is 8.83. The Labute approximate surface area is 165 Å². The van der Waals surface area contributed by atoms with Gasteiger partial charge in [-0.25, -0.2) is 14.6 Å². The molecule has 0 aliphatic carbocycles. The molecule has 2 heterocycles. The third-order valence-electron chi connectivity index (χ3n) is 3.98. The van der Waals surface area contributed by atoms with Gasteiger partial charge in [0.25, 0.3) is 0 Å². The van der Waals surface area contributed by atoms with Gasteiger partial charge < -0.3 is 10.6 Å². The summed E-state index contributed by atoms with van der Waals surface area (Å²) in [6.45, 7) is 2.56. The Morgan fingerprint density at radius 3 is 2.69 bits per heavy atom. The number of hydrogen-bond donors (Lipinski definition) is 2. The summed E-state index contributed by atoms with van der Waals surface area (Å²) < 4.78 is 39.8. The summed E-state index contributed by atoms with van der Waals surface area (Å²) >= 11 is 0. The van der Waals surface area contributed by atoms with E-state index in [1.807, 2.05) is 13.0 Å². The van der Waals surface area contributed by atoms with Gasteiger partial charge in [-0.15, -0.1) is 0 Å². The van der Waals surface area contributed by atoms with Crippen LogP contribution in [-0.2, 0) is 17.4 Å². The molecule has 0 aliphatic heterocycles. The van der Waals surface area contributed by atoms with Crippen LogP contribution in [0.3, 0.4) is 0 Å². The minimum absolute atomic E-state index is 0.125. The molecule has 29 heavy (non-hydrogen) atoms. The highest BCUT2D eigenvalue weighted by Crippen LogP contribution is 2.29. The molecule has 1 amide bonds. The number of aryl methyl sites for hydroxylation is 1. The number of anilines is 1. The van der Waals surface area contributed by atoms with Gasteiger partial charge in [0.1, 0.15) is 12.1 Å². The largest absolute Gasteiger partial charge is 0.416 e. The average Bonchev–Trinajstić information content (AvgIpc) is 3.11. The molecule has 0 fully saturated rings. The first-order valence-corrected chi connectivity index (χ1v) is 8.83. The average molecular weight is 404 g/mol. The van der Waals surface area contributed by atoms with Crippen LogP contribution in [-0.4, -0.2) is 38.7 Å². The normalized spacial score (nSPS) is 11.3. The summed E-state index contributed by atoms with van der Waals surface area (Å²) in [7, 11) is 0. The minimum atomic E-state index is -4.43. The summed E-state index contributed by atoms with van der Waals surface area (Å²) in [6.07, 6.45) is -1.36. The number of carbonyl (C=O) groups excluding carboxylic acids is 1. The zero-order chi connectivity index (χ0) is 20.9. The summed E-state index contributed by atoms with van der Waals surface area (Å²) in [5.41, 5.74) is 0.401. The van der Waals surface area contributed by atoms with Crippen LogP contribution in [0.25, 0.3) is 5.82 Å². The molecule has 2 aromatic heterocycles. The zero-order valence-corrected chi connectivity index (χ0v) is 15.6. The van der Waals surface area contributed by atoms with Crippen LogP contribution in [0.4, 0.5) is 19.0 Å². The quantitative estimate of drug-likeness (QED) is 0.592. The molecule has 7 nitrogen and oxygen atoms in total. The summed E-state index contributed by atoms with van der Waals surface area (Å²) in [5.74, 6) is 0.806. The Kier molecular flexibility index (Phi) is 6.10. The van der Waals surface area contributed by atoms with Crippen molar-refractivity contribution in [3.8, 4) is 5.82 Å². The fourth-order valence-electron chi connectivity index (χ4n) is 2.61. The third kappa shape index (κ3) is 5.77. The Balaban J connectivity index is 1.47. The second kappa shape index (κ2) is 8.72. The van der Waals surface area contributed by atoms with Crippen LogP contribution in [0.2, 0.25) is 0 Å². The monoisotopic (exact) mass is 404 g/mol. The number of benzene rings is 1. The fourth-order valence-corrected chi connectivity index (χ4v) is 2.61. The van der Waals surface area contributed by atoms with Crippen molar-refractivity contribution in [3.63, 3.8) is 0 Å². The number of amides is 1. The van der Waals surface area contributed by atoms with Crippen LogP contribution in [0.1, 0.15) is 16.8 Å². The van der Waals surface area contributed by atoms with Gasteiger partial charge >= 0.3 is 6.18 Å². The third-order valence-corrected chi connectivity index (χ3v) is 3.98. The highest BCUT2D eigenvalue weighted by molar-refractivity contribution is 5.78. The van der Waals surface area contributed by atoms with Crippen molar-refractivity contribution in [2.24, 2.45) is 0 Å². The van der Waals surface area contributed by atoms with E-state index in [2.05, 4.69) is 25.7 Å². The molecule has 0 saturated heterocycles. The van der Waals surface area contributed by atoms with E-state index in [4.69, 9.17) is 0 Å². The molecule has 0 unspecified atom stereocenters. The van der Waals surface area contributed by atoms with E-state index in [0.717, 1.165) is 17.8 Å². The van der Waals surface area contributed by atoms with Crippen molar-refractivity contribution in [1.82, 2.24) is 25.1 Å². The van der Waals surface area contributed by atoms with E-state index in [1.54, 1.807) is 16.9 Å². The second-order valence-corrected chi connectivity index (χ2v) is 6.31. The number of alkyl halides is 3. The maximum absolute atomic E-state index is 12.7. The number of hydrogen-bond acceptors (Lipinski definition) is 5. The highest BCUT2D eigenvalue weighted by Gasteiger charge is 2.30. The van der Waals surface area contributed by atoms with E-state index < -0.39 is 11.7 Å². The van der Waals surface area contributed by atoms with Gasteiger partial charge in [-0.1, -0.05) is 18.2 Å². The molecule has 3 aromatic rings. The maximum atomic E-state index is 12.7. The molecule has 2 N–H and O–H groups in total. The molecule has 1 aromatic carbocycles. The topological polar surface area (TPSA) is 84.7 Å². The lowest BCUT2D eigenvalue weighted by Gasteiger charge is -2.10. The fraction of sp³-hybridized carbons (Fsp3) is 0.263. The summed E-state index contributed by atoms with van der Waals surface area (Å²) in [4.78, 5) is 20.2. The number of aromatic nitrogens is 4. The van der Waals surface area contributed by atoms with Crippen molar-refractivity contribution in [2.45, 2.75) is 19.5 Å². The van der Waals surface area contributed by atoms with Gasteiger partial charge in [0.2, 0.25) is 5.91 Å². The van der Waals surface area contributed by atoms with Gasteiger partial charge in [0.15, 0.2) is 5.82 Å². The molecule has 0 aliphatic rings. The van der Waals surface area contributed by atoms with E-state index in [0.29, 0.717) is 23.7 Å². The van der Waals surface area contributed by atoms with Gasteiger partial charge in [0, 0.05) is 25.4 Å². The Morgan fingerprint density at radius 2 is 1.97 bits per heavy atom. The molecule has 10 heteroatoms. The molecular weight excluding hydrogens is 385 g/mol. The first-order chi connectivity index (χ1) is 13.8. The predicted octanol–water partition coefficient (Wildman–Crippen LogP) is 2.76. The van der Waals surface area contributed by atoms with Gasteiger partial charge in [0.05, 0.1) is 17.7 Å². The molecule has 3 rings (SSSR count). The van der Waals surface area contributed by atoms with Crippen molar-refractivity contribution >= 4 is 11.7 Å². The molecular formula is C19H19F3N6O. The molecule has 0 radical (unpaired) electrons. The van der Waals surface area contributed by atoms with E-state index in [9.17, 15) is 18.0 Å². The number of carbonyl (C=O) groups is 1. The standard InChI is InChI=1S/C19H19F3N6O/c1-13-5-8-28(27-13)17-11-16(25-12-26-17)23-6-7-24-18(29)10-14-3-2-4-15(9-14)19(20,21)22/h2-5,8-9,11-12H,6-7,10H2,1H3,(H,24,29)(H,23,25,26). The molecule has 0 atom stereocenters. The maximum Gasteiger partial charge on any atom is 0.416 e. The lowest BCUT2D eigenvalue weighted by molar-refractivity contribution is -0.137. The van der Waals surface area contributed by atoms with Crippen molar-refractivity contribution in [1.29, 1.82) is 0 Å². The van der Waals surface area contributed by atoms with E-state index in [1.165, 1.54) is 18.5 Å². The number of halogens is 3. The Bertz CT molecular complexity index is 986. The molecule has 152 valence electrons. The van der Waals surface area contributed by atoms with Crippen LogP contribution in [0, 0.1) is 6.92 Å². The van der Waals surface area contributed by atoms with Crippen LogP contribution >= 0.6 is 0 Å². The number of rotatable bonds is 7. The number of nitrogens with one attached hydrogen (secondary N) is 2. The first kappa shape index (κ1) is 20.3. The van der Waals surface area contributed by atoms with Crippen LogP contribution in [0.5, 0.6) is 0 Å². The highest BCUT2D eigenvalue weighted by atomic mass is 19.4. The smallest absolute Gasteiger partial charge is 0.368 e. The SMILES string of the molecule is Cc1ccn(-c2cc(NCCNC(=O)Cc3cccc(C(F)(F)F)c3)ncn2)n1. The van der Waals surface area contributed by atoms with Gasteiger partial charge in [-0.2, -0.15) is 18.3 Å². The zero-order valence-electron chi connectivity index (χ0n) is 15.6. The lowest BCUT2D eigenvalue weighted by Crippen LogP contribution is -2.30. The minimum Gasteiger partial charge on any atom is -0.368 e. The van der Waals surface area contributed by atoms with Gasteiger partial charge in [-0.05, 0) is 24.6 Å². The summed E-state index contributed by atoms with van der Waals surface area (Å²) in [6, 6.07) is 8.32. The van der Waals surface area contributed by atoms with Crippen LogP contribution in [0.15, 0.2) is 48.9 Å². The number of nitrogens with zero attached hydrogens (tertiary/aromatic N) is 4. The van der Waals surface area contributed by atoms with E-state index >= 15 is 0 Å². The molecule has 0 saturated carbocycles. The van der Waals surface area contributed by atoms with Crippen molar-refractivity contribution in [3.05, 3.63) is 65.7 Å². The van der Waals surface area contributed by atoms with Gasteiger partial charge in [-0.3, -0.25) is 4.79 Å². The van der Waals surface area contributed by atoms with Crippen LogP contribution < -0.4 is 10.6 Å². The molecule has 0 spiro atoms. The molecule has 0 bridgehead atoms. The van der Waals surface area contributed by atoms with E-state index in [-0.39, 0.29) is 18.9 Å². The Morgan fingerprint density at radius 1 is 1.14 bits per heavy atom. The Hall–Kier alpha value is -3.43. The lowest BCUT2D eigenvalue weighted by atomic mass is 10.1. The second-order valence-electron chi connectivity index (χ2n) is 6.31.